The summed E-state index contributed by atoms with van der Waals surface area (Å²) in [6, 6.07) is 4.86. The molecule has 2 aromatic rings. The molecule has 2 fully saturated rings. The molecular weight excluding hydrogens is 372 g/mol. The van der Waals surface area contributed by atoms with E-state index in [9.17, 15) is 14.4 Å². The summed E-state index contributed by atoms with van der Waals surface area (Å²) >= 11 is 0. The smallest absolute Gasteiger partial charge is 0.329 e. The fraction of sp³-hybridized carbons (Fsp3) is 0.476. The minimum Gasteiger partial charge on any atom is -0.376 e. The van der Waals surface area contributed by atoms with Crippen LogP contribution in [0.1, 0.15) is 37.3 Å². The van der Waals surface area contributed by atoms with Crippen LogP contribution in [0.5, 0.6) is 0 Å². The molecule has 2 aliphatic rings. The van der Waals surface area contributed by atoms with Crippen molar-refractivity contribution in [1.29, 1.82) is 0 Å². The van der Waals surface area contributed by atoms with Gasteiger partial charge in [-0.1, -0.05) is 11.8 Å². The molecule has 152 valence electrons. The number of piperidine rings is 1. The van der Waals surface area contributed by atoms with Gasteiger partial charge in [-0.3, -0.25) is 24.0 Å². The Labute approximate surface area is 168 Å². The van der Waals surface area contributed by atoms with E-state index in [0.717, 1.165) is 31.5 Å². The van der Waals surface area contributed by atoms with Crippen molar-refractivity contribution in [3.63, 3.8) is 0 Å². The second-order valence-corrected chi connectivity index (χ2v) is 7.44. The Hall–Kier alpha value is -2.89. The topological polar surface area (TPSA) is 94.4 Å². The van der Waals surface area contributed by atoms with Gasteiger partial charge in [0.2, 0.25) is 11.8 Å². The van der Waals surface area contributed by atoms with E-state index < -0.39 is 11.9 Å². The van der Waals surface area contributed by atoms with E-state index in [4.69, 9.17) is 4.74 Å². The summed E-state index contributed by atoms with van der Waals surface area (Å²) in [5.74, 6) is 5.56. The fourth-order valence-corrected chi connectivity index (χ4v) is 3.63. The summed E-state index contributed by atoms with van der Waals surface area (Å²) < 4.78 is 8.66. The third-order valence-corrected chi connectivity index (χ3v) is 5.39. The van der Waals surface area contributed by atoms with Crippen molar-refractivity contribution in [2.75, 3.05) is 19.7 Å². The normalized spacial score (nSPS) is 19.6. The quantitative estimate of drug-likeness (QED) is 0.435. The van der Waals surface area contributed by atoms with Gasteiger partial charge < -0.3 is 10.1 Å². The van der Waals surface area contributed by atoms with Crippen molar-refractivity contribution >= 4 is 22.8 Å². The number of hydrogen-bond acceptors (Lipinski definition) is 5. The first-order chi connectivity index (χ1) is 14.0. The van der Waals surface area contributed by atoms with E-state index in [1.54, 1.807) is 7.05 Å². The van der Waals surface area contributed by atoms with Crippen molar-refractivity contribution in [3.05, 3.63) is 34.2 Å². The summed E-state index contributed by atoms with van der Waals surface area (Å²) in [6.45, 7) is 2.58. The zero-order valence-electron chi connectivity index (χ0n) is 16.4. The van der Waals surface area contributed by atoms with Gasteiger partial charge in [-0.15, -0.1) is 0 Å². The molecule has 0 aliphatic carbocycles. The monoisotopic (exact) mass is 396 g/mol. The first kappa shape index (κ1) is 19.4. The molecule has 0 saturated carbocycles. The van der Waals surface area contributed by atoms with Gasteiger partial charge in [0.25, 0.3) is 0 Å². The number of unbranched alkanes of at least 4 members (excludes halogenated alkanes) is 1. The first-order valence-corrected chi connectivity index (χ1v) is 9.90. The van der Waals surface area contributed by atoms with Crippen LogP contribution in [0.25, 0.3) is 11.0 Å². The van der Waals surface area contributed by atoms with Crippen molar-refractivity contribution < 1.29 is 14.3 Å². The fourth-order valence-electron chi connectivity index (χ4n) is 3.63. The molecule has 2 saturated heterocycles. The number of hydrogen-bond donors (Lipinski definition) is 2. The second kappa shape index (κ2) is 8.23. The SMILES string of the molecule is Cn1c(=O)n(C2CCC(=O)NC2=O)c2ccc(C#CCCCOC3CNC3)cc21. The number of imide groups is 1. The number of aryl methyl sites for hydroxylation is 1. The third-order valence-electron chi connectivity index (χ3n) is 5.39. The summed E-state index contributed by atoms with van der Waals surface area (Å²) in [4.78, 5) is 36.4. The standard InChI is InChI=1S/C21H24N4O4/c1-24-18-11-14(5-3-2-4-10-29-15-12-22-13-15)6-7-16(18)25(21(24)28)17-8-9-19(26)23-20(17)27/h6-7,11,15,17,22H,2,4,8-10,12-13H2,1H3,(H,23,26,27). The number of carbonyl (C=O) groups is 2. The lowest BCUT2D eigenvalue weighted by molar-refractivity contribution is -0.135. The lowest BCUT2D eigenvalue weighted by atomic mass is 10.1. The summed E-state index contributed by atoms with van der Waals surface area (Å²) in [5, 5.41) is 5.49. The second-order valence-electron chi connectivity index (χ2n) is 7.44. The molecule has 1 aromatic carbocycles. The maximum atomic E-state index is 12.7. The highest BCUT2D eigenvalue weighted by Gasteiger charge is 2.31. The predicted octanol–water partition coefficient (Wildman–Crippen LogP) is 0.438. The maximum absolute atomic E-state index is 12.7. The molecular formula is C21H24N4O4. The molecule has 1 atom stereocenters. The molecule has 0 bridgehead atoms. The number of carbonyl (C=O) groups excluding carboxylic acids is 2. The average molecular weight is 396 g/mol. The van der Waals surface area contributed by atoms with Crippen LogP contribution in [0.15, 0.2) is 23.0 Å². The van der Waals surface area contributed by atoms with Gasteiger partial charge in [0, 0.05) is 45.1 Å². The van der Waals surface area contributed by atoms with E-state index in [2.05, 4.69) is 22.5 Å². The van der Waals surface area contributed by atoms with E-state index in [0.29, 0.717) is 30.2 Å². The van der Waals surface area contributed by atoms with Crippen LogP contribution in [0.3, 0.4) is 0 Å². The largest absolute Gasteiger partial charge is 0.376 e. The summed E-state index contributed by atoms with van der Waals surface area (Å²) in [6.07, 6.45) is 2.53. The Morgan fingerprint density at radius 2 is 2.03 bits per heavy atom. The lowest BCUT2D eigenvalue weighted by Crippen LogP contribution is -2.48. The number of nitrogens with zero attached hydrogens (tertiary/aromatic N) is 2. The van der Waals surface area contributed by atoms with Crippen molar-refractivity contribution in [2.45, 2.75) is 37.8 Å². The zero-order valence-corrected chi connectivity index (χ0v) is 16.4. The van der Waals surface area contributed by atoms with Gasteiger partial charge in [-0.2, -0.15) is 0 Å². The zero-order chi connectivity index (χ0) is 20.4. The van der Waals surface area contributed by atoms with E-state index in [1.165, 1.54) is 9.13 Å². The number of amides is 2. The average Bonchev–Trinajstić information content (AvgIpc) is 2.90. The minimum atomic E-state index is -0.674. The van der Waals surface area contributed by atoms with E-state index in [-0.39, 0.29) is 18.0 Å². The van der Waals surface area contributed by atoms with Crippen molar-refractivity contribution in [1.82, 2.24) is 19.8 Å². The molecule has 8 nitrogen and oxygen atoms in total. The minimum absolute atomic E-state index is 0.226. The van der Waals surface area contributed by atoms with Gasteiger partial charge in [0.15, 0.2) is 0 Å². The third kappa shape index (κ3) is 3.97. The number of ether oxygens (including phenoxy) is 1. The molecule has 2 N–H and O–H groups in total. The Kier molecular flexibility index (Phi) is 5.51. The molecule has 4 rings (SSSR count). The first-order valence-electron chi connectivity index (χ1n) is 9.90. The van der Waals surface area contributed by atoms with Gasteiger partial charge in [0.05, 0.1) is 17.1 Å². The van der Waals surface area contributed by atoms with E-state index >= 15 is 0 Å². The molecule has 2 aliphatic heterocycles. The number of benzene rings is 1. The molecule has 0 spiro atoms. The van der Waals surface area contributed by atoms with E-state index in [1.807, 2.05) is 18.2 Å². The van der Waals surface area contributed by atoms with Crippen LogP contribution in [0, 0.1) is 11.8 Å². The summed E-state index contributed by atoms with van der Waals surface area (Å²) in [7, 11) is 1.68. The van der Waals surface area contributed by atoms with Crippen LogP contribution in [-0.4, -0.2) is 46.7 Å². The highest BCUT2D eigenvalue weighted by Crippen LogP contribution is 2.23. The molecule has 1 unspecified atom stereocenters. The number of imidazole rings is 1. The highest BCUT2D eigenvalue weighted by atomic mass is 16.5. The van der Waals surface area contributed by atoms with Crippen LogP contribution in [0.2, 0.25) is 0 Å². The van der Waals surface area contributed by atoms with Gasteiger partial charge in [-0.05, 0) is 31.0 Å². The van der Waals surface area contributed by atoms with Gasteiger partial charge >= 0.3 is 5.69 Å². The van der Waals surface area contributed by atoms with Crippen LogP contribution in [0.4, 0.5) is 0 Å². The number of aromatic nitrogens is 2. The molecule has 2 amide bonds. The number of fused-ring (bicyclic) bond motifs is 1. The Bertz CT molecular complexity index is 1070. The van der Waals surface area contributed by atoms with Crippen molar-refractivity contribution in [3.8, 4) is 11.8 Å². The molecule has 3 heterocycles. The maximum Gasteiger partial charge on any atom is 0.329 e. The summed E-state index contributed by atoms with van der Waals surface area (Å²) in [5.41, 5.74) is 1.92. The predicted molar refractivity (Wildman–Crippen MR) is 107 cm³/mol. The lowest BCUT2D eigenvalue weighted by Gasteiger charge is -2.26. The van der Waals surface area contributed by atoms with Crippen LogP contribution < -0.4 is 16.3 Å². The van der Waals surface area contributed by atoms with Crippen molar-refractivity contribution in [2.24, 2.45) is 7.05 Å². The van der Waals surface area contributed by atoms with Crippen LogP contribution >= 0.6 is 0 Å². The number of nitrogens with one attached hydrogen (secondary N) is 2. The Morgan fingerprint density at radius 1 is 1.21 bits per heavy atom. The molecule has 1 aromatic heterocycles. The molecule has 29 heavy (non-hydrogen) atoms. The van der Waals surface area contributed by atoms with Gasteiger partial charge in [0.1, 0.15) is 6.04 Å². The Morgan fingerprint density at radius 3 is 2.76 bits per heavy atom. The number of rotatable bonds is 5. The van der Waals surface area contributed by atoms with Gasteiger partial charge in [-0.25, -0.2) is 4.79 Å². The molecule has 8 heteroatoms. The Balaban J connectivity index is 1.49. The highest BCUT2D eigenvalue weighted by molar-refractivity contribution is 6.00. The molecule has 0 radical (unpaired) electrons. The van der Waals surface area contributed by atoms with Crippen LogP contribution in [-0.2, 0) is 21.4 Å².